The molecule has 1 aromatic carbocycles. The van der Waals surface area contributed by atoms with Gasteiger partial charge in [0.2, 0.25) is 0 Å². The minimum atomic E-state index is 0.0456. The lowest BCUT2D eigenvalue weighted by Crippen LogP contribution is -2.01. The van der Waals surface area contributed by atoms with E-state index in [0.717, 1.165) is 15.6 Å². The maximum Gasteiger partial charge on any atom is 0.266 e. The van der Waals surface area contributed by atoms with Gasteiger partial charge in [-0.05, 0) is 17.5 Å². The van der Waals surface area contributed by atoms with Crippen molar-refractivity contribution in [1.29, 1.82) is 0 Å². The predicted octanol–water partition coefficient (Wildman–Crippen LogP) is 2.71. The van der Waals surface area contributed by atoms with Crippen LogP contribution in [0, 0.1) is 0 Å². The van der Waals surface area contributed by atoms with Gasteiger partial charge in [-0.15, -0.1) is 0 Å². The van der Waals surface area contributed by atoms with Gasteiger partial charge in [0.15, 0.2) is 0 Å². The smallest absolute Gasteiger partial charge is 0.266 e. The second-order valence-corrected chi connectivity index (χ2v) is 4.26. The molecule has 0 saturated heterocycles. The average Bonchev–Trinajstić information content (AvgIpc) is 2.48. The summed E-state index contributed by atoms with van der Waals surface area (Å²) >= 11 is 1.41. The molecule has 0 saturated carbocycles. The van der Waals surface area contributed by atoms with Crippen LogP contribution in [0.15, 0.2) is 23.0 Å². The van der Waals surface area contributed by atoms with E-state index in [0.29, 0.717) is 5.92 Å². The second-order valence-electron chi connectivity index (χ2n) is 3.41. The molecule has 1 aromatic heterocycles. The molecule has 0 bridgehead atoms. The summed E-state index contributed by atoms with van der Waals surface area (Å²) in [6.45, 7) is 4.21. The number of rotatable bonds is 1. The Morgan fingerprint density at radius 2 is 2.15 bits per heavy atom. The fraction of sp³-hybridized carbons (Fsp3) is 0.300. The summed E-state index contributed by atoms with van der Waals surface area (Å²) in [5, 5.41) is 0.863. The highest BCUT2D eigenvalue weighted by Crippen LogP contribution is 2.24. The number of hydrogen-bond acceptors (Lipinski definition) is 2. The fourth-order valence-corrected chi connectivity index (χ4v) is 2.27. The highest BCUT2D eigenvalue weighted by Gasteiger charge is 2.09. The molecule has 0 radical (unpaired) electrons. The molecular weight excluding hydrogens is 182 g/mol. The van der Waals surface area contributed by atoms with Crippen LogP contribution in [0.2, 0.25) is 0 Å². The molecule has 0 fully saturated rings. The summed E-state index contributed by atoms with van der Waals surface area (Å²) in [7, 11) is 0. The molecule has 2 aromatic rings. The number of hydrogen-bond donors (Lipinski definition) is 1. The molecule has 0 amide bonds. The Hall–Kier alpha value is -1.09. The van der Waals surface area contributed by atoms with Gasteiger partial charge in [0, 0.05) is 0 Å². The maximum absolute atomic E-state index is 11.5. The lowest BCUT2D eigenvalue weighted by Gasteiger charge is -2.04. The Labute approximate surface area is 80.4 Å². The SMILES string of the molecule is CC(C)c1cccc2s[nH]c(=O)c12. The summed E-state index contributed by atoms with van der Waals surface area (Å²) in [5.41, 5.74) is 1.18. The summed E-state index contributed by atoms with van der Waals surface area (Å²) in [5.74, 6) is 0.402. The van der Waals surface area contributed by atoms with E-state index in [-0.39, 0.29) is 5.56 Å². The average molecular weight is 193 g/mol. The summed E-state index contributed by atoms with van der Waals surface area (Å²) < 4.78 is 3.81. The summed E-state index contributed by atoms with van der Waals surface area (Å²) in [4.78, 5) is 11.5. The first-order valence-corrected chi connectivity index (χ1v) is 5.12. The second kappa shape index (κ2) is 3.00. The van der Waals surface area contributed by atoms with Crippen molar-refractivity contribution in [2.75, 3.05) is 0 Å². The third-order valence-electron chi connectivity index (χ3n) is 2.16. The van der Waals surface area contributed by atoms with Gasteiger partial charge in [-0.25, -0.2) is 0 Å². The Bertz CT molecular complexity index is 481. The van der Waals surface area contributed by atoms with Crippen LogP contribution in [0.25, 0.3) is 10.1 Å². The normalized spacial score (nSPS) is 11.3. The monoisotopic (exact) mass is 193 g/mol. The van der Waals surface area contributed by atoms with Crippen molar-refractivity contribution in [3.63, 3.8) is 0 Å². The molecule has 68 valence electrons. The van der Waals surface area contributed by atoms with Crippen molar-refractivity contribution in [3.8, 4) is 0 Å². The summed E-state index contributed by atoms with van der Waals surface area (Å²) in [6, 6.07) is 6.00. The largest absolute Gasteiger partial charge is 0.277 e. The van der Waals surface area contributed by atoms with E-state index in [1.54, 1.807) is 0 Å². The molecule has 1 heterocycles. The lowest BCUT2D eigenvalue weighted by molar-refractivity contribution is 0.875. The number of nitrogens with one attached hydrogen (secondary N) is 1. The van der Waals surface area contributed by atoms with Gasteiger partial charge in [0.05, 0.1) is 10.1 Å². The molecule has 3 heteroatoms. The van der Waals surface area contributed by atoms with Gasteiger partial charge in [-0.1, -0.05) is 37.5 Å². The first-order chi connectivity index (χ1) is 6.20. The van der Waals surface area contributed by atoms with E-state index in [1.165, 1.54) is 11.5 Å². The number of benzene rings is 1. The number of aromatic amines is 1. The third kappa shape index (κ3) is 1.29. The molecule has 0 spiro atoms. The van der Waals surface area contributed by atoms with Crippen LogP contribution in [0.3, 0.4) is 0 Å². The molecule has 2 rings (SSSR count). The zero-order valence-corrected chi connectivity index (χ0v) is 8.44. The van der Waals surface area contributed by atoms with E-state index >= 15 is 0 Å². The Morgan fingerprint density at radius 3 is 2.85 bits per heavy atom. The van der Waals surface area contributed by atoms with Crippen LogP contribution in [0.1, 0.15) is 25.3 Å². The van der Waals surface area contributed by atoms with Crippen molar-refractivity contribution in [1.82, 2.24) is 4.37 Å². The standard InChI is InChI=1S/C10H11NOS/c1-6(2)7-4-3-5-8-9(7)10(12)11-13-8/h3-6H,1-2H3,(H,11,12). The quantitative estimate of drug-likeness (QED) is 0.742. The Balaban J connectivity index is 2.88. The molecule has 13 heavy (non-hydrogen) atoms. The van der Waals surface area contributed by atoms with Crippen molar-refractivity contribution in [3.05, 3.63) is 34.1 Å². The predicted molar refractivity (Wildman–Crippen MR) is 56.5 cm³/mol. The third-order valence-corrected chi connectivity index (χ3v) is 3.01. The highest BCUT2D eigenvalue weighted by molar-refractivity contribution is 7.13. The molecule has 0 aliphatic carbocycles. The van der Waals surface area contributed by atoms with Crippen LogP contribution in [-0.2, 0) is 0 Å². The van der Waals surface area contributed by atoms with Gasteiger partial charge >= 0.3 is 0 Å². The van der Waals surface area contributed by atoms with Gasteiger partial charge in [0.1, 0.15) is 0 Å². The van der Waals surface area contributed by atoms with E-state index in [9.17, 15) is 4.79 Å². The molecule has 0 aliphatic heterocycles. The van der Waals surface area contributed by atoms with Crippen molar-refractivity contribution in [2.45, 2.75) is 19.8 Å². The first kappa shape index (κ1) is 8.51. The number of aromatic nitrogens is 1. The molecule has 1 N–H and O–H groups in total. The number of fused-ring (bicyclic) bond motifs is 1. The number of H-pyrrole nitrogens is 1. The summed E-state index contributed by atoms with van der Waals surface area (Å²) in [6.07, 6.45) is 0. The molecule has 0 atom stereocenters. The van der Waals surface area contributed by atoms with Gasteiger partial charge in [-0.3, -0.25) is 9.17 Å². The van der Waals surface area contributed by atoms with Crippen LogP contribution in [-0.4, -0.2) is 4.37 Å². The first-order valence-electron chi connectivity index (χ1n) is 4.30. The fourth-order valence-electron chi connectivity index (χ4n) is 1.51. The van der Waals surface area contributed by atoms with E-state index in [2.05, 4.69) is 18.2 Å². The van der Waals surface area contributed by atoms with E-state index < -0.39 is 0 Å². The van der Waals surface area contributed by atoms with Crippen LogP contribution in [0.4, 0.5) is 0 Å². The van der Waals surface area contributed by atoms with Crippen molar-refractivity contribution < 1.29 is 0 Å². The van der Waals surface area contributed by atoms with E-state index in [4.69, 9.17) is 0 Å². The zero-order chi connectivity index (χ0) is 9.42. The lowest BCUT2D eigenvalue weighted by atomic mass is 10.0. The van der Waals surface area contributed by atoms with Crippen molar-refractivity contribution >= 4 is 21.6 Å². The minimum absolute atomic E-state index is 0.0456. The highest BCUT2D eigenvalue weighted by atomic mass is 32.1. The minimum Gasteiger partial charge on any atom is -0.277 e. The van der Waals surface area contributed by atoms with Crippen LogP contribution >= 0.6 is 11.5 Å². The van der Waals surface area contributed by atoms with Crippen LogP contribution < -0.4 is 5.56 Å². The molecule has 2 nitrogen and oxygen atoms in total. The topological polar surface area (TPSA) is 32.9 Å². The zero-order valence-electron chi connectivity index (χ0n) is 7.63. The van der Waals surface area contributed by atoms with Gasteiger partial charge in [0.25, 0.3) is 5.56 Å². The van der Waals surface area contributed by atoms with E-state index in [1.807, 2.05) is 18.2 Å². The van der Waals surface area contributed by atoms with Gasteiger partial charge in [-0.2, -0.15) is 0 Å². The maximum atomic E-state index is 11.5. The molecule has 0 aliphatic rings. The van der Waals surface area contributed by atoms with Crippen molar-refractivity contribution in [2.24, 2.45) is 0 Å². The van der Waals surface area contributed by atoms with Gasteiger partial charge < -0.3 is 0 Å². The van der Waals surface area contributed by atoms with Crippen LogP contribution in [0.5, 0.6) is 0 Å². The Morgan fingerprint density at radius 1 is 1.38 bits per heavy atom. The Kier molecular flexibility index (Phi) is 1.96. The molecule has 0 unspecified atom stereocenters. The molecular formula is C10H11NOS.